The summed E-state index contributed by atoms with van der Waals surface area (Å²) in [5, 5.41) is 0. The summed E-state index contributed by atoms with van der Waals surface area (Å²) in [6, 6.07) is 5.47. The fraction of sp³-hybridized carbons (Fsp3) is 0.222. The van der Waals surface area contributed by atoms with E-state index in [0.717, 1.165) is 5.56 Å². The maximum atomic E-state index is 9.98. The van der Waals surface area contributed by atoms with E-state index >= 15 is 0 Å². The summed E-state index contributed by atoms with van der Waals surface area (Å²) in [4.78, 5) is 9.98. The van der Waals surface area contributed by atoms with Crippen molar-refractivity contribution in [2.24, 2.45) is 0 Å². The van der Waals surface area contributed by atoms with Crippen molar-refractivity contribution in [1.29, 1.82) is 0 Å². The third kappa shape index (κ3) is 1.42. The fourth-order valence-electron chi connectivity index (χ4n) is 1.23. The van der Waals surface area contributed by atoms with Crippen molar-refractivity contribution in [3.63, 3.8) is 0 Å². The van der Waals surface area contributed by atoms with Crippen LogP contribution in [-0.4, -0.2) is 13.3 Å². The van der Waals surface area contributed by atoms with Crippen LogP contribution in [0.5, 0.6) is 11.5 Å². The Balaban J connectivity index is 2.25. The topological polar surface area (TPSA) is 44.8 Å². The van der Waals surface area contributed by atoms with Crippen LogP contribution >= 0.6 is 0 Å². The van der Waals surface area contributed by atoms with Crippen molar-refractivity contribution in [3.8, 4) is 11.5 Å². The molecule has 0 fully saturated rings. The van der Waals surface area contributed by atoms with Gasteiger partial charge in [-0.15, -0.1) is 0 Å². The number of fused-ring (bicyclic) bond motifs is 1. The normalized spacial score (nSPS) is 12.6. The summed E-state index contributed by atoms with van der Waals surface area (Å²) in [6.07, 6.45) is 0. The second kappa shape index (κ2) is 3.35. The minimum absolute atomic E-state index is 0.218. The highest BCUT2D eigenvalue weighted by molar-refractivity contribution is 5.48. The van der Waals surface area contributed by atoms with Crippen LogP contribution in [0.3, 0.4) is 0 Å². The Kier molecular flexibility index (Phi) is 2.04. The second-order valence-electron chi connectivity index (χ2n) is 2.56. The standard InChI is InChI=1S/C9H8O4/c10-5-11-4-7-2-1-3-8-9(7)13-6-12-8/h1-3,5H,4,6H2. The molecule has 0 spiro atoms. The third-order valence-electron chi connectivity index (χ3n) is 1.79. The van der Waals surface area contributed by atoms with Crippen LogP contribution in [0.4, 0.5) is 0 Å². The predicted octanol–water partition coefficient (Wildman–Crippen LogP) is 1.09. The summed E-state index contributed by atoms with van der Waals surface area (Å²) in [5.74, 6) is 1.37. The first-order chi connectivity index (χ1) is 6.42. The van der Waals surface area contributed by atoms with Gasteiger partial charge in [-0.25, -0.2) is 0 Å². The Labute approximate surface area is 75.0 Å². The number of hydrogen-bond acceptors (Lipinski definition) is 4. The molecule has 1 aromatic carbocycles. The van der Waals surface area contributed by atoms with Gasteiger partial charge in [-0.1, -0.05) is 12.1 Å². The monoisotopic (exact) mass is 180 g/mol. The van der Waals surface area contributed by atoms with E-state index in [-0.39, 0.29) is 13.4 Å². The Morgan fingerprint density at radius 2 is 2.38 bits per heavy atom. The van der Waals surface area contributed by atoms with Crippen LogP contribution < -0.4 is 9.47 Å². The van der Waals surface area contributed by atoms with Gasteiger partial charge in [0.1, 0.15) is 6.61 Å². The summed E-state index contributed by atoms with van der Waals surface area (Å²) in [7, 11) is 0. The largest absolute Gasteiger partial charge is 0.463 e. The smallest absolute Gasteiger partial charge is 0.293 e. The lowest BCUT2D eigenvalue weighted by Crippen LogP contribution is -1.95. The first-order valence-electron chi connectivity index (χ1n) is 3.84. The predicted molar refractivity (Wildman–Crippen MR) is 43.4 cm³/mol. The molecular weight excluding hydrogens is 172 g/mol. The number of ether oxygens (including phenoxy) is 3. The van der Waals surface area contributed by atoms with Gasteiger partial charge in [-0.05, 0) is 6.07 Å². The van der Waals surface area contributed by atoms with E-state index in [2.05, 4.69) is 4.74 Å². The van der Waals surface area contributed by atoms with E-state index in [0.29, 0.717) is 18.0 Å². The molecule has 4 heteroatoms. The Hall–Kier alpha value is -1.71. The van der Waals surface area contributed by atoms with E-state index in [1.54, 1.807) is 0 Å². The molecule has 4 nitrogen and oxygen atoms in total. The number of hydrogen-bond donors (Lipinski definition) is 0. The molecule has 0 unspecified atom stereocenters. The first kappa shape index (κ1) is 7.91. The molecule has 13 heavy (non-hydrogen) atoms. The highest BCUT2D eigenvalue weighted by Crippen LogP contribution is 2.35. The van der Waals surface area contributed by atoms with Crippen molar-refractivity contribution >= 4 is 6.47 Å². The van der Waals surface area contributed by atoms with Crippen LogP contribution in [-0.2, 0) is 16.1 Å². The quantitative estimate of drug-likeness (QED) is 0.653. The Morgan fingerprint density at radius 1 is 1.46 bits per heavy atom. The fourth-order valence-corrected chi connectivity index (χ4v) is 1.23. The lowest BCUT2D eigenvalue weighted by atomic mass is 10.2. The highest BCUT2D eigenvalue weighted by atomic mass is 16.7. The molecule has 1 aliphatic rings. The van der Waals surface area contributed by atoms with Gasteiger partial charge in [0.25, 0.3) is 6.47 Å². The van der Waals surface area contributed by atoms with E-state index < -0.39 is 0 Å². The molecule has 0 saturated carbocycles. The Morgan fingerprint density at radius 3 is 3.23 bits per heavy atom. The lowest BCUT2D eigenvalue weighted by Gasteiger charge is -2.03. The van der Waals surface area contributed by atoms with Gasteiger partial charge in [-0.3, -0.25) is 4.79 Å². The number of carbonyl (C=O) groups is 1. The third-order valence-corrected chi connectivity index (χ3v) is 1.79. The maximum Gasteiger partial charge on any atom is 0.293 e. The van der Waals surface area contributed by atoms with Crippen LogP contribution in [0.15, 0.2) is 18.2 Å². The highest BCUT2D eigenvalue weighted by Gasteiger charge is 2.16. The van der Waals surface area contributed by atoms with Gasteiger partial charge < -0.3 is 14.2 Å². The van der Waals surface area contributed by atoms with Crippen molar-refractivity contribution in [2.45, 2.75) is 6.61 Å². The van der Waals surface area contributed by atoms with Crippen molar-refractivity contribution in [3.05, 3.63) is 23.8 Å². The second-order valence-corrected chi connectivity index (χ2v) is 2.56. The molecule has 1 aromatic rings. The van der Waals surface area contributed by atoms with E-state index in [1.165, 1.54) is 0 Å². The molecule has 0 bridgehead atoms. The molecule has 0 radical (unpaired) electrons. The van der Waals surface area contributed by atoms with E-state index in [9.17, 15) is 4.79 Å². The van der Waals surface area contributed by atoms with Crippen molar-refractivity contribution in [2.75, 3.05) is 6.79 Å². The molecule has 0 amide bonds. The molecular formula is C9H8O4. The van der Waals surface area contributed by atoms with Crippen LogP contribution in [0, 0.1) is 0 Å². The zero-order valence-electron chi connectivity index (χ0n) is 6.86. The molecule has 0 saturated heterocycles. The minimum atomic E-state index is 0.218. The first-order valence-corrected chi connectivity index (χ1v) is 3.84. The molecule has 68 valence electrons. The average molecular weight is 180 g/mol. The van der Waals surface area contributed by atoms with Gasteiger partial charge in [0.05, 0.1) is 0 Å². The van der Waals surface area contributed by atoms with Gasteiger partial charge in [0.15, 0.2) is 11.5 Å². The van der Waals surface area contributed by atoms with E-state index in [1.807, 2.05) is 18.2 Å². The van der Waals surface area contributed by atoms with Crippen LogP contribution in [0.1, 0.15) is 5.56 Å². The number of benzene rings is 1. The number of para-hydroxylation sites is 1. The van der Waals surface area contributed by atoms with Crippen LogP contribution in [0.2, 0.25) is 0 Å². The van der Waals surface area contributed by atoms with Gasteiger partial charge in [0, 0.05) is 5.56 Å². The molecule has 2 rings (SSSR count). The zero-order chi connectivity index (χ0) is 9.10. The summed E-state index contributed by atoms with van der Waals surface area (Å²) in [5.41, 5.74) is 0.821. The lowest BCUT2D eigenvalue weighted by molar-refractivity contribution is -0.129. The van der Waals surface area contributed by atoms with Gasteiger partial charge in [0.2, 0.25) is 6.79 Å². The number of carbonyl (C=O) groups excluding carboxylic acids is 1. The van der Waals surface area contributed by atoms with E-state index in [4.69, 9.17) is 9.47 Å². The Bertz CT molecular complexity index is 321. The minimum Gasteiger partial charge on any atom is -0.463 e. The summed E-state index contributed by atoms with van der Waals surface area (Å²) < 4.78 is 15.0. The van der Waals surface area contributed by atoms with Crippen molar-refractivity contribution in [1.82, 2.24) is 0 Å². The molecule has 0 aliphatic carbocycles. The average Bonchev–Trinajstić information content (AvgIpc) is 2.62. The summed E-state index contributed by atoms with van der Waals surface area (Å²) >= 11 is 0. The zero-order valence-corrected chi connectivity index (χ0v) is 6.86. The van der Waals surface area contributed by atoms with Gasteiger partial charge in [-0.2, -0.15) is 0 Å². The SMILES string of the molecule is O=COCc1cccc2c1OCO2. The van der Waals surface area contributed by atoms with Gasteiger partial charge >= 0.3 is 0 Å². The molecule has 1 heterocycles. The van der Waals surface area contributed by atoms with Crippen molar-refractivity contribution < 1.29 is 19.0 Å². The maximum absolute atomic E-state index is 9.98. The number of rotatable bonds is 3. The molecule has 0 atom stereocenters. The summed E-state index contributed by atoms with van der Waals surface area (Å²) in [6.45, 7) is 0.860. The van der Waals surface area contributed by atoms with Crippen LogP contribution in [0.25, 0.3) is 0 Å². The molecule has 0 N–H and O–H groups in total. The molecule has 0 aromatic heterocycles. The molecule has 1 aliphatic heterocycles.